The SMILES string of the molecule is CNC(=O)Nc1nccc2nc(N3CCCC(C#N)C3)sc12. The van der Waals surface area contributed by atoms with Gasteiger partial charge in [-0.15, -0.1) is 0 Å². The Balaban J connectivity index is 1.91. The maximum atomic E-state index is 11.5. The minimum Gasteiger partial charge on any atom is -0.347 e. The van der Waals surface area contributed by atoms with E-state index in [4.69, 9.17) is 5.26 Å². The predicted molar refractivity (Wildman–Crippen MR) is 86.0 cm³/mol. The van der Waals surface area contributed by atoms with Crippen molar-refractivity contribution < 1.29 is 4.79 Å². The van der Waals surface area contributed by atoms with Crippen molar-refractivity contribution in [3.63, 3.8) is 0 Å². The first-order valence-corrected chi connectivity index (χ1v) is 7.91. The van der Waals surface area contributed by atoms with E-state index in [9.17, 15) is 4.79 Å². The lowest BCUT2D eigenvalue weighted by molar-refractivity contribution is 0.254. The summed E-state index contributed by atoms with van der Waals surface area (Å²) >= 11 is 1.50. The van der Waals surface area contributed by atoms with Gasteiger partial charge in [0, 0.05) is 26.3 Å². The molecule has 0 saturated carbocycles. The zero-order valence-electron chi connectivity index (χ0n) is 12.2. The van der Waals surface area contributed by atoms with Crippen LogP contribution in [0.4, 0.5) is 15.7 Å². The van der Waals surface area contributed by atoms with Gasteiger partial charge in [-0.25, -0.2) is 14.8 Å². The Morgan fingerprint density at radius 1 is 1.59 bits per heavy atom. The number of nitrogens with zero attached hydrogens (tertiary/aromatic N) is 4. The number of nitriles is 1. The molecule has 2 aromatic rings. The molecule has 1 fully saturated rings. The molecule has 0 aromatic carbocycles. The van der Waals surface area contributed by atoms with E-state index in [1.807, 2.05) is 6.07 Å². The van der Waals surface area contributed by atoms with Gasteiger partial charge in [0.15, 0.2) is 10.9 Å². The summed E-state index contributed by atoms with van der Waals surface area (Å²) in [4.78, 5) is 22.5. The summed E-state index contributed by atoms with van der Waals surface area (Å²) in [6.45, 7) is 1.62. The Hall–Kier alpha value is -2.40. The number of pyridine rings is 1. The van der Waals surface area contributed by atoms with Gasteiger partial charge in [0.1, 0.15) is 0 Å². The molecule has 1 aliphatic heterocycles. The van der Waals surface area contributed by atoms with E-state index in [0.717, 1.165) is 34.7 Å². The summed E-state index contributed by atoms with van der Waals surface area (Å²) in [5, 5.41) is 15.2. The Kier molecular flexibility index (Phi) is 4.06. The van der Waals surface area contributed by atoms with Crippen molar-refractivity contribution in [2.45, 2.75) is 12.8 Å². The molecule has 8 heteroatoms. The molecule has 22 heavy (non-hydrogen) atoms. The van der Waals surface area contributed by atoms with Crippen LogP contribution in [0.2, 0.25) is 0 Å². The maximum Gasteiger partial charge on any atom is 0.320 e. The molecular weight excluding hydrogens is 300 g/mol. The maximum absolute atomic E-state index is 11.5. The lowest BCUT2D eigenvalue weighted by atomic mass is 10.0. The molecule has 3 heterocycles. The normalized spacial score (nSPS) is 18.0. The molecule has 0 bridgehead atoms. The van der Waals surface area contributed by atoms with Crippen LogP contribution in [-0.4, -0.2) is 36.1 Å². The number of hydrogen-bond acceptors (Lipinski definition) is 6. The van der Waals surface area contributed by atoms with E-state index in [2.05, 4.69) is 31.6 Å². The van der Waals surface area contributed by atoms with Gasteiger partial charge in [-0.1, -0.05) is 11.3 Å². The van der Waals surface area contributed by atoms with Crippen LogP contribution < -0.4 is 15.5 Å². The molecule has 2 aromatic heterocycles. The molecule has 114 valence electrons. The topological polar surface area (TPSA) is 93.9 Å². The van der Waals surface area contributed by atoms with Gasteiger partial charge < -0.3 is 10.2 Å². The molecule has 3 rings (SSSR count). The van der Waals surface area contributed by atoms with Crippen LogP contribution in [0.1, 0.15) is 12.8 Å². The van der Waals surface area contributed by atoms with E-state index < -0.39 is 0 Å². The molecule has 1 unspecified atom stereocenters. The molecule has 0 aliphatic carbocycles. The lowest BCUT2D eigenvalue weighted by Crippen LogP contribution is -2.34. The smallest absolute Gasteiger partial charge is 0.320 e. The third-order valence-electron chi connectivity index (χ3n) is 3.63. The van der Waals surface area contributed by atoms with Gasteiger partial charge in [-0.3, -0.25) is 5.32 Å². The second kappa shape index (κ2) is 6.15. The van der Waals surface area contributed by atoms with Crippen molar-refractivity contribution in [3.8, 4) is 6.07 Å². The molecule has 1 saturated heterocycles. The van der Waals surface area contributed by atoms with Crippen LogP contribution in [-0.2, 0) is 0 Å². The first-order chi connectivity index (χ1) is 10.7. The monoisotopic (exact) mass is 316 g/mol. The van der Waals surface area contributed by atoms with Gasteiger partial charge in [0.25, 0.3) is 0 Å². The summed E-state index contributed by atoms with van der Waals surface area (Å²) in [5.74, 6) is 0.566. The number of nitrogens with one attached hydrogen (secondary N) is 2. The number of urea groups is 1. The number of aromatic nitrogens is 2. The summed E-state index contributed by atoms with van der Waals surface area (Å²) < 4.78 is 0.847. The summed E-state index contributed by atoms with van der Waals surface area (Å²) in [6.07, 6.45) is 3.57. The minimum absolute atomic E-state index is 0.0577. The fraction of sp³-hybridized carbons (Fsp3) is 0.429. The van der Waals surface area contributed by atoms with Crippen molar-refractivity contribution in [1.82, 2.24) is 15.3 Å². The zero-order valence-corrected chi connectivity index (χ0v) is 13.0. The minimum atomic E-state index is -0.308. The second-order valence-corrected chi connectivity index (χ2v) is 6.10. The van der Waals surface area contributed by atoms with Crippen LogP contribution in [0.25, 0.3) is 10.2 Å². The number of piperidine rings is 1. The van der Waals surface area contributed by atoms with Gasteiger partial charge >= 0.3 is 6.03 Å². The largest absolute Gasteiger partial charge is 0.347 e. The number of rotatable bonds is 2. The average molecular weight is 316 g/mol. The van der Waals surface area contributed by atoms with Crippen LogP contribution >= 0.6 is 11.3 Å². The van der Waals surface area contributed by atoms with Crippen LogP contribution in [0.3, 0.4) is 0 Å². The van der Waals surface area contributed by atoms with Crippen LogP contribution in [0.5, 0.6) is 0 Å². The Morgan fingerprint density at radius 3 is 3.23 bits per heavy atom. The van der Waals surface area contributed by atoms with Gasteiger partial charge in [0.05, 0.1) is 22.2 Å². The van der Waals surface area contributed by atoms with Crippen molar-refractivity contribution in [2.75, 3.05) is 30.4 Å². The van der Waals surface area contributed by atoms with E-state index in [0.29, 0.717) is 12.4 Å². The molecule has 1 aliphatic rings. The number of thiazole rings is 1. The van der Waals surface area contributed by atoms with Crippen LogP contribution in [0.15, 0.2) is 12.3 Å². The molecule has 0 radical (unpaired) electrons. The van der Waals surface area contributed by atoms with Crippen molar-refractivity contribution in [2.24, 2.45) is 5.92 Å². The number of carbonyl (C=O) groups is 1. The first-order valence-electron chi connectivity index (χ1n) is 7.10. The average Bonchev–Trinajstić information content (AvgIpc) is 3.00. The van der Waals surface area contributed by atoms with Crippen molar-refractivity contribution in [3.05, 3.63) is 12.3 Å². The molecular formula is C14H16N6OS. The summed E-state index contributed by atoms with van der Waals surface area (Å²) in [6, 6.07) is 3.86. The predicted octanol–water partition coefficient (Wildman–Crippen LogP) is 2.18. The fourth-order valence-electron chi connectivity index (χ4n) is 2.49. The Morgan fingerprint density at radius 2 is 2.45 bits per heavy atom. The van der Waals surface area contributed by atoms with E-state index in [-0.39, 0.29) is 11.9 Å². The second-order valence-electron chi connectivity index (χ2n) is 5.12. The van der Waals surface area contributed by atoms with Gasteiger partial charge in [0.2, 0.25) is 0 Å². The molecule has 2 N–H and O–H groups in total. The number of anilines is 2. The quantitative estimate of drug-likeness (QED) is 0.885. The summed E-state index contributed by atoms with van der Waals surface area (Å²) in [7, 11) is 1.56. The number of carbonyl (C=O) groups excluding carboxylic acids is 1. The van der Waals surface area contributed by atoms with Crippen molar-refractivity contribution >= 4 is 38.5 Å². The van der Waals surface area contributed by atoms with Crippen molar-refractivity contribution in [1.29, 1.82) is 5.26 Å². The molecule has 0 spiro atoms. The van der Waals surface area contributed by atoms with E-state index >= 15 is 0 Å². The Bertz CT molecular complexity index is 736. The number of hydrogen-bond donors (Lipinski definition) is 2. The fourth-order valence-corrected chi connectivity index (χ4v) is 3.53. The third kappa shape index (κ3) is 2.80. The number of amides is 2. The Labute approximate surface area is 132 Å². The van der Waals surface area contributed by atoms with E-state index in [1.54, 1.807) is 13.2 Å². The van der Waals surface area contributed by atoms with Crippen LogP contribution in [0, 0.1) is 17.2 Å². The molecule has 7 nitrogen and oxygen atoms in total. The highest BCUT2D eigenvalue weighted by Crippen LogP contribution is 2.34. The highest BCUT2D eigenvalue weighted by molar-refractivity contribution is 7.22. The highest BCUT2D eigenvalue weighted by atomic mass is 32.1. The third-order valence-corrected chi connectivity index (χ3v) is 4.77. The van der Waals surface area contributed by atoms with E-state index in [1.165, 1.54) is 11.3 Å². The van der Waals surface area contributed by atoms with Gasteiger partial charge in [-0.2, -0.15) is 5.26 Å². The molecule has 1 atom stereocenters. The standard InChI is InChI=1S/C14H16N6OS/c1-16-13(21)19-12-11-10(4-5-17-12)18-14(22-11)20-6-2-3-9(7-15)8-20/h4-5,9H,2-3,6,8H2,1H3,(H2,16,17,19,21). The highest BCUT2D eigenvalue weighted by Gasteiger charge is 2.22. The first kappa shape index (κ1) is 14.5. The zero-order chi connectivity index (χ0) is 15.5. The number of fused-ring (bicyclic) bond motifs is 1. The van der Waals surface area contributed by atoms with Gasteiger partial charge in [-0.05, 0) is 18.9 Å². The lowest BCUT2D eigenvalue weighted by Gasteiger charge is -2.28. The molecule has 2 amide bonds. The summed E-state index contributed by atoms with van der Waals surface area (Å²) in [5.41, 5.74) is 0.806.